The number of hydrogen-bond acceptors (Lipinski definition) is 2. The molecule has 2 N–H and O–H groups in total. The quantitative estimate of drug-likeness (QED) is 0.934. The van der Waals surface area contributed by atoms with E-state index in [-0.39, 0.29) is 11.4 Å². The smallest absolute Gasteiger partial charge is 0.123 e. The highest BCUT2D eigenvalue weighted by Gasteiger charge is 2.34. The highest BCUT2D eigenvalue weighted by Crippen LogP contribution is 2.34. The molecular weight excluding hydrogens is 263 g/mol. The van der Waals surface area contributed by atoms with Crippen molar-refractivity contribution in [2.75, 3.05) is 18.0 Å². The molecule has 1 unspecified atom stereocenters. The van der Waals surface area contributed by atoms with Crippen molar-refractivity contribution in [1.82, 2.24) is 0 Å². The second-order valence-corrected chi connectivity index (χ2v) is 6.04. The summed E-state index contributed by atoms with van der Waals surface area (Å²) in [5.74, 6) is -0.186. The molecule has 3 rings (SSSR count). The molecule has 1 aliphatic rings. The average molecular weight is 284 g/mol. The van der Waals surface area contributed by atoms with Gasteiger partial charge in [-0.05, 0) is 49.1 Å². The molecule has 21 heavy (non-hydrogen) atoms. The lowest BCUT2D eigenvalue weighted by molar-refractivity contribution is 0.435. The summed E-state index contributed by atoms with van der Waals surface area (Å²) in [5, 5.41) is 0. The van der Waals surface area contributed by atoms with Crippen LogP contribution in [0.2, 0.25) is 0 Å². The van der Waals surface area contributed by atoms with Crippen molar-refractivity contribution in [2.45, 2.75) is 25.3 Å². The molecule has 0 amide bonds. The fourth-order valence-corrected chi connectivity index (χ4v) is 3.26. The van der Waals surface area contributed by atoms with Crippen LogP contribution in [0.4, 0.5) is 10.1 Å². The van der Waals surface area contributed by atoms with Gasteiger partial charge in [-0.1, -0.05) is 30.3 Å². The molecule has 2 aromatic carbocycles. The summed E-state index contributed by atoms with van der Waals surface area (Å²) in [4.78, 5) is 2.38. The number of anilines is 1. The Hall–Kier alpha value is -1.87. The Morgan fingerprint density at radius 3 is 2.76 bits per heavy atom. The third-order valence-corrected chi connectivity index (χ3v) is 4.45. The van der Waals surface area contributed by atoms with Crippen LogP contribution < -0.4 is 10.6 Å². The van der Waals surface area contributed by atoms with Gasteiger partial charge in [0.2, 0.25) is 0 Å². The van der Waals surface area contributed by atoms with Gasteiger partial charge in [0.15, 0.2) is 0 Å². The number of halogens is 1. The first kappa shape index (κ1) is 14.1. The molecule has 0 aliphatic carbocycles. The summed E-state index contributed by atoms with van der Waals surface area (Å²) in [7, 11) is 0. The van der Waals surface area contributed by atoms with Crippen LogP contribution in [0.3, 0.4) is 0 Å². The molecule has 0 spiro atoms. The third-order valence-electron chi connectivity index (χ3n) is 4.45. The van der Waals surface area contributed by atoms with E-state index in [2.05, 4.69) is 36.1 Å². The van der Waals surface area contributed by atoms with Crippen LogP contribution in [0.1, 0.15) is 18.1 Å². The Balaban J connectivity index is 1.90. The molecule has 0 saturated carbocycles. The number of nitrogens with zero attached hydrogens (tertiary/aromatic N) is 1. The molecule has 0 bridgehead atoms. The maximum Gasteiger partial charge on any atom is 0.123 e. The SMILES string of the molecule is CC(CN)(Cc1cccc(F)c1)N1CCc2ccccc21. The van der Waals surface area contributed by atoms with Crippen molar-refractivity contribution >= 4 is 5.69 Å². The van der Waals surface area contributed by atoms with Crippen molar-refractivity contribution in [2.24, 2.45) is 5.73 Å². The van der Waals surface area contributed by atoms with Gasteiger partial charge in [-0.15, -0.1) is 0 Å². The lowest BCUT2D eigenvalue weighted by Crippen LogP contribution is -2.53. The minimum absolute atomic E-state index is 0.186. The lowest BCUT2D eigenvalue weighted by atomic mass is 9.90. The van der Waals surface area contributed by atoms with E-state index in [1.807, 2.05) is 6.07 Å². The van der Waals surface area contributed by atoms with E-state index in [0.717, 1.165) is 24.9 Å². The molecule has 110 valence electrons. The molecule has 1 atom stereocenters. The fourth-order valence-electron chi connectivity index (χ4n) is 3.26. The Bertz CT molecular complexity index is 641. The lowest BCUT2D eigenvalue weighted by Gasteiger charge is -2.40. The van der Waals surface area contributed by atoms with E-state index in [1.54, 1.807) is 12.1 Å². The highest BCUT2D eigenvalue weighted by molar-refractivity contribution is 5.60. The van der Waals surface area contributed by atoms with Gasteiger partial charge in [-0.2, -0.15) is 0 Å². The Morgan fingerprint density at radius 1 is 1.19 bits per heavy atom. The van der Waals surface area contributed by atoms with Crippen molar-refractivity contribution in [3.05, 3.63) is 65.5 Å². The van der Waals surface area contributed by atoms with Crippen molar-refractivity contribution < 1.29 is 4.39 Å². The first-order valence-electron chi connectivity index (χ1n) is 7.42. The summed E-state index contributed by atoms with van der Waals surface area (Å²) in [5.41, 5.74) is 9.53. The summed E-state index contributed by atoms with van der Waals surface area (Å²) in [6, 6.07) is 15.3. The highest BCUT2D eigenvalue weighted by atomic mass is 19.1. The zero-order valence-electron chi connectivity index (χ0n) is 12.3. The molecule has 1 aliphatic heterocycles. The van der Waals surface area contributed by atoms with Crippen molar-refractivity contribution in [3.63, 3.8) is 0 Å². The summed E-state index contributed by atoms with van der Waals surface area (Å²) in [6.07, 6.45) is 1.80. The van der Waals surface area contributed by atoms with Crippen LogP contribution in [0.15, 0.2) is 48.5 Å². The van der Waals surface area contributed by atoms with Crippen LogP contribution in [0, 0.1) is 5.82 Å². The molecule has 0 aromatic heterocycles. The molecule has 2 nitrogen and oxygen atoms in total. The molecule has 2 aromatic rings. The topological polar surface area (TPSA) is 29.3 Å². The van der Waals surface area contributed by atoms with Crippen LogP contribution in [-0.4, -0.2) is 18.6 Å². The zero-order chi connectivity index (χ0) is 14.9. The Labute approximate surface area is 125 Å². The molecular formula is C18H21FN2. The Morgan fingerprint density at radius 2 is 2.00 bits per heavy atom. The van der Waals surface area contributed by atoms with Gasteiger partial charge >= 0.3 is 0 Å². The van der Waals surface area contributed by atoms with Crippen LogP contribution >= 0.6 is 0 Å². The largest absolute Gasteiger partial charge is 0.364 e. The molecule has 3 heteroatoms. The molecule has 1 heterocycles. The van der Waals surface area contributed by atoms with Gasteiger partial charge in [0.25, 0.3) is 0 Å². The van der Waals surface area contributed by atoms with Crippen LogP contribution in [0.5, 0.6) is 0 Å². The van der Waals surface area contributed by atoms with Crippen LogP contribution in [-0.2, 0) is 12.8 Å². The maximum atomic E-state index is 13.4. The van der Waals surface area contributed by atoms with E-state index in [1.165, 1.54) is 17.3 Å². The number of hydrogen-bond donors (Lipinski definition) is 1. The second-order valence-electron chi connectivity index (χ2n) is 6.04. The summed E-state index contributed by atoms with van der Waals surface area (Å²) < 4.78 is 13.4. The number of rotatable bonds is 4. The van der Waals surface area contributed by atoms with E-state index < -0.39 is 0 Å². The van der Waals surface area contributed by atoms with E-state index >= 15 is 0 Å². The monoisotopic (exact) mass is 284 g/mol. The van der Waals surface area contributed by atoms with Crippen molar-refractivity contribution in [1.29, 1.82) is 0 Å². The summed E-state index contributed by atoms with van der Waals surface area (Å²) >= 11 is 0. The van der Waals surface area contributed by atoms with Gasteiger partial charge in [0.1, 0.15) is 5.82 Å². The molecule has 0 fully saturated rings. The molecule has 0 radical (unpaired) electrons. The number of para-hydroxylation sites is 1. The van der Waals surface area contributed by atoms with Crippen molar-refractivity contribution in [3.8, 4) is 0 Å². The van der Waals surface area contributed by atoms with Crippen LogP contribution in [0.25, 0.3) is 0 Å². The second kappa shape index (κ2) is 5.49. The number of fused-ring (bicyclic) bond motifs is 1. The first-order chi connectivity index (χ1) is 10.1. The molecule has 0 saturated heterocycles. The normalized spacial score (nSPS) is 16.6. The van der Waals surface area contributed by atoms with Gasteiger partial charge in [0, 0.05) is 18.8 Å². The third kappa shape index (κ3) is 2.66. The number of benzene rings is 2. The maximum absolute atomic E-state index is 13.4. The average Bonchev–Trinajstić information content (AvgIpc) is 2.92. The standard InChI is InChI=1S/C18H21FN2/c1-18(13-20,12-14-5-4-7-16(19)11-14)21-10-9-15-6-2-3-8-17(15)21/h2-8,11H,9-10,12-13,20H2,1H3. The van der Waals surface area contributed by atoms with Gasteiger partial charge in [0.05, 0.1) is 5.54 Å². The van der Waals surface area contributed by atoms with E-state index in [4.69, 9.17) is 5.73 Å². The number of nitrogens with two attached hydrogens (primary N) is 1. The Kier molecular flexibility index (Phi) is 3.68. The minimum Gasteiger partial charge on any atom is -0.364 e. The van der Waals surface area contributed by atoms with Gasteiger partial charge in [-0.25, -0.2) is 4.39 Å². The predicted octanol–water partition coefficient (Wildman–Crippen LogP) is 3.15. The minimum atomic E-state index is -0.194. The fraction of sp³-hybridized carbons (Fsp3) is 0.333. The first-order valence-corrected chi connectivity index (χ1v) is 7.42. The van der Waals surface area contributed by atoms with E-state index in [0.29, 0.717) is 6.54 Å². The van der Waals surface area contributed by atoms with E-state index in [9.17, 15) is 4.39 Å². The van der Waals surface area contributed by atoms with Gasteiger partial charge < -0.3 is 10.6 Å². The predicted molar refractivity (Wildman–Crippen MR) is 85.1 cm³/mol. The summed E-state index contributed by atoms with van der Waals surface area (Å²) in [6.45, 7) is 3.68. The van der Waals surface area contributed by atoms with Gasteiger partial charge in [-0.3, -0.25) is 0 Å². The zero-order valence-corrected chi connectivity index (χ0v) is 12.3.